The highest BCUT2D eigenvalue weighted by Crippen LogP contribution is 2.37. The van der Waals surface area contributed by atoms with Crippen LogP contribution in [0.4, 0.5) is 0 Å². The summed E-state index contributed by atoms with van der Waals surface area (Å²) in [6.45, 7) is 11.4. The fourth-order valence-electron chi connectivity index (χ4n) is 4.86. The number of hydrogen-bond donors (Lipinski definition) is 4. The van der Waals surface area contributed by atoms with Crippen molar-refractivity contribution in [1.82, 2.24) is 16.0 Å². The largest absolute Gasteiger partial charge is 0.485 e. The number of azide groups is 1. The van der Waals surface area contributed by atoms with Crippen LogP contribution in [0.1, 0.15) is 72.1 Å². The Kier molecular flexibility index (Phi) is 15.5. The molecule has 2 aromatic carbocycles. The van der Waals surface area contributed by atoms with E-state index in [0.717, 1.165) is 5.56 Å². The maximum atomic E-state index is 13.9. The predicted molar refractivity (Wildman–Crippen MR) is 185 cm³/mol. The molecule has 0 spiro atoms. The topological polar surface area (TPSA) is 210 Å². The van der Waals surface area contributed by atoms with Gasteiger partial charge >= 0.3 is 11.9 Å². The van der Waals surface area contributed by atoms with E-state index in [4.69, 9.17) is 24.5 Å². The number of amides is 2. The molecule has 0 aliphatic heterocycles. The normalized spacial score (nSPS) is 14.9. The quantitative estimate of drug-likeness (QED) is 0.0764. The van der Waals surface area contributed by atoms with Gasteiger partial charge in [0.05, 0.1) is 7.11 Å². The van der Waals surface area contributed by atoms with Gasteiger partial charge in [-0.05, 0) is 75.9 Å². The van der Waals surface area contributed by atoms with Crippen LogP contribution in [-0.4, -0.2) is 78.9 Å². The summed E-state index contributed by atoms with van der Waals surface area (Å²) in [6, 6.07) is 10.2. The average molecular weight is 699 g/mol. The van der Waals surface area contributed by atoms with Gasteiger partial charge in [-0.25, -0.2) is 0 Å². The zero-order valence-corrected chi connectivity index (χ0v) is 30.2. The number of benzene rings is 2. The van der Waals surface area contributed by atoms with Crippen molar-refractivity contribution < 1.29 is 43.2 Å². The Morgan fingerprint density at radius 1 is 1.00 bits per heavy atom. The Bertz CT molecular complexity index is 1510. The molecule has 0 radical (unpaired) electrons. The second kappa shape index (κ2) is 18.8. The van der Waals surface area contributed by atoms with Crippen molar-refractivity contribution in [3.8, 4) is 11.5 Å². The molecule has 4 N–H and O–H groups in total. The van der Waals surface area contributed by atoms with Crippen LogP contribution in [0, 0.1) is 5.92 Å². The Morgan fingerprint density at radius 3 is 2.20 bits per heavy atom. The number of likely N-dealkylation sites (N-methyl/N-ethyl adjacent to an activating group) is 1. The van der Waals surface area contributed by atoms with Crippen molar-refractivity contribution in [3.63, 3.8) is 0 Å². The third-order valence-electron chi connectivity index (χ3n) is 7.74. The van der Waals surface area contributed by atoms with Crippen LogP contribution < -0.4 is 25.4 Å². The van der Waals surface area contributed by atoms with Crippen molar-refractivity contribution in [2.24, 2.45) is 11.0 Å². The van der Waals surface area contributed by atoms with E-state index < -0.39 is 71.6 Å². The molecule has 0 aliphatic rings. The number of carbonyl (C=O) groups excluding carboxylic acids is 4. The number of rotatable bonds is 18. The molecular formula is C35H50N6O9. The number of methoxy groups -OCH3 is 1. The highest BCUT2D eigenvalue weighted by Gasteiger charge is 2.43. The zero-order valence-electron chi connectivity index (χ0n) is 30.2. The van der Waals surface area contributed by atoms with Crippen LogP contribution in [0.25, 0.3) is 10.4 Å². The molecule has 0 fully saturated rings. The maximum Gasteiger partial charge on any atom is 0.325 e. The molecule has 0 aliphatic carbocycles. The monoisotopic (exact) mass is 698 g/mol. The van der Waals surface area contributed by atoms with E-state index in [0.29, 0.717) is 0 Å². The molecule has 2 rings (SSSR count). The number of aliphatic hydroxyl groups excluding tert-OH is 1. The third-order valence-corrected chi connectivity index (χ3v) is 7.74. The molecule has 50 heavy (non-hydrogen) atoms. The summed E-state index contributed by atoms with van der Waals surface area (Å²) in [4.78, 5) is 55.0. The Labute approximate surface area is 293 Å². The Balaban J connectivity index is 2.64. The van der Waals surface area contributed by atoms with Crippen molar-refractivity contribution in [2.45, 2.75) is 96.9 Å². The minimum absolute atomic E-state index is 0.0798. The first-order valence-electron chi connectivity index (χ1n) is 16.3. The van der Waals surface area contributed by atoms with Gasteiger partial charge in [0.15, 0.2) is 11.5 Å². The van der Waals surface area contributed by atoms with Crippen LogP contribution in [0.3, 0.4) is 0 Å². The second-order valence-electron chi connectivity index (χ2n) is 13.1. The van der Waals surface area contributed by atoms with Gasteiger partial charge in [-0.2, -0.15) is 0 Å². The summed E-state index contributed by atoms with van der Waals surface area (Å²) in [6.07, 6.45) is -1.26. The molecule has 0 bridgehead atoms. The number of hydrogen-bond acceptors (Lipinski definition) is 11. The van der Waals surface area contributed by atoms with Gasteiger partial charge in [-0.15, -0.1) is 0 Å². The number of aliphatic hydroxyl groups is 1. The van der Waals surface area contributed by atoms with Gasteiger partial charge < -0.3 is 40.0 Å². The highest BCUT2D eigenvalue weighted by molar-refractivity contribution is 5.92. The SMILES string of the molecule is CC[C@](C)(Oc1cc([C@@H](O)[C@H](NC)C(=O)OC)ccc1OCc1ccccc1)[C@H](NC(=O)[C@@H](N=[N+]=[N-])C(C)C)C(=O)NCC(=O)OC(C)(C)C. The fraction of sp³-hybridized carbons (Fsp3) is 0.543. The molecule has 274 valence electrons. The van der Waals surface area contributed by atoms with Crippen LogP contribution in [0.2, 0.25) is 0 Å². The molecule has 2 aromatic rings. The first kappa shape index (κ1) is 41.3. The highest BCUT2D eigenvalue weighted by atomic mass is 16.6. The smallest absolute Gasteiger partial charge is 0.325 e. The van der Waals surface area contributed by atoms with Crippen LogP contribution in [0.5, 0.6) is 11.5 Å². The molecule has 15 nitrogen and oxygen atoms in total. The number of nitrogens with zero attached hydrogens (tertiary/aromatic N) is 3. The van der Waals surface area contributed by atoms with Crippen LogP contribution >= 0.6 is 0 Å². The number of nitrogens with one attached hydrogen (secondary N) is 3. The molecule has 0 saturated heterocycles. The lowest BCUT2D eigenvalue weighted by Crippen LogP contribution is -2.63. The van der Waals surface area contributed by atoms with E-state index in [1.54, 1.807) is 60.6 Å². The van der Waals surface area contributed by atoms with Crippen molar-refractivity contribution in [1.29, 1.82) is 0 Å². The lowest BCUT2D eigenvalue weighted by molar-refractivity contribution is -0.155. The van der Waals surface area contributed by atoms with Gasteiger partial charge in [0.2, 0.25) is 11.8 Å². The Hall–Kier alpha value is -4.85. The minimum Gasteiger partial charge on any atom is -0.485 e. The molecular weight excluding hydrogens is 648 g/mol. The lowest BCUT2D eigenvalue weighted by atomic mass is 9.91. The summed E-state index contributed by atoms with van der Waals surface area (Å²) in [5, 5.41) is 22.7. The number of esters is 2. The molecule has 5 atom stereocenters. The van der Waals surface area contributed by atoms with E-state index in [2.05, 4.69) is 26.0 Å². The first-order chi connectivity index (χ1) is 23.5. The summed E-state index contributed by atoms with van der Waals surface area (Å²) >= 11 is 0. The van der Waals surface area contributed by atoms with E-state index in [9.17, 15) is 24.3 Å². The van der Waals surface area contributed by atoms with E-state index in [1.165, 1.54) is 20.2 Å². The average Bonchev–Trinajstić information content (AvgIpc) is 3.07. The van der Waals surface area contributed by atoms with Gasteiger partial charge in [-0.1, -0.05) is 62.3 Å². The molecule has 2 amide bonds. The lowest BCUT2D eigenvalue weighted by Gasteiger charge is -2.38. The van der Waals surface area contributed by atoms with Crippen LogP contribution in [0.15, 0.2) is 53.6 Å². The maximum absolute atomic E-state index is 13.9. The molecule has 0 heterocycles. The van der Waals surface area contributed by atoms with E-state index in [-0.39, 0.29) is 30.1 Å². The van der Waals surface area contributed by atoms with E-state index in [1.807, 2.05) is 30.3 Å². The van der Waals surface area contributed by atoms with Gasteiger partial charge in [0, 0.05) is 4.91 Å². The summed E-state index contributed by atoms with van der Waals surface area (Å²) in [5.74, 6) is -3.02. The van der Waals surface area contributed by atoms with E-state index >= 15 is 0 Å². The van der Waals surface area contributed by atoms with Gasteiger partial charge in [-0.3, -0.25) is 19.2 Å². The molecule has 0 aromatic heterocycles. The molecule has 0 saturated carbocycles. The zero-order chi connectivity index (χ0) is 37.6. The standard InChI is InChI=1S/C35H50N6O9/c1-10-35(7,30(39-31(44)27(21(2)3)40-41-36)32(45)38-19-26(42)50-34(4,5)6)49-25-18-23(29(43)28(37-8)33(46)47-9)16-17-24(25)48-20-22-14-12-11-13-15-22/h11-18,21,27-30,37,43H,10,19-20H2,1-9H3,(H,38,45)(H,39,44)/t27-,28-,29+,30+,35-/m0/s1. The molecule has 0 unspecified atom stereocenters. The summed E-state index contributed by atoms with van der Waals surface area (Å²) < 4.78 is 22.9. The number of carbonyl (C=O) groups is 4. The summed E-state index contributed by atoms with van der Waals surface area (Å²) in [5.41, 5.74) is 7.88. The Morgan fingerprint density at radius 2 is 1.66 bits per heavy atom. The third kappa shape index (κ3) is 11.9. The second-order valence-corrected chi connectivity index (χ2v) is 13.1. The predicted octanol–water partition coefficient (Wildman–Crippen LogP) is 3.89. The van der Waals surface area contributed by atoms with Crippen LogP contribution in [-0.2, 0) is 35.3 Å². The molecule has 15 heteroatoms. The summed E-state index contributed by atoms with van der Waals surface area (Å²) in [7, 11) is 2.70. The van der Waals surface area contributed by atoms with Crippen molar-refractivity contribution in [3.05, 3.63) is 70.1 Å². The minimum atomic E-state index is -1.54. The number of ether oxygens (including phenoxy) is 4. The van der Waals surface area contributed by atoms with Gasteiger partial charge in [0.25, 0.3) is 0 Å². The fourth-order valence-corrected chi connectivity index (χ4v) is 4.86. The first-order valence-corrected chi connectivity index (χ1v) is 16.3. The van der Waals surface area contributed by atoms with Gasteiger partial charge in [0.1, 0.15) is 48.6 Å². The van der Waals surface area contributed by atoms with Crippen molar-refractivity contribution in [2.75, 3.05) is 20.7 Å². The van der Waals surface area contributed by atoms with Crippen molar-refractivity contribution >= 4 is 23.8 Å².